The number of pyridine rings is 1. The molecule has 2 atom stereocenters. The standard InChI is InChI=1S/C28H33F2N5O2.C28H44N5O2.C2H6.K/c1-18-13-23(33(4)32-9-5-26(18)35-12-8-22(31-3)16-27(35)37)17-34-10-6-20(7-11-34)28-24(29)14-21(19(2)36)15-25(28)30;1-5-8-21(9-6-2)19-31-15-14-30(17-20(31)4)18-22-10-13-25-26(16-22)32(23-11-12-23)28(35)33(25)24(7-3)27(29)34;1-2;/h5,8-9,12-16,20,31-32H,6-7,10-11,17H2,1-4H3;10,13,16,20-21,23-24H,3,5-9,11-12,14-15,17-19H2,1-2,4H3,(H2,29,34);1-2H3;/q;-1;;+1. The van der Waals surface area contributed by atoms with Crippen LogP contribution in [0.3, 0.4) is 0 Å². The number of hydrogen-bond acceptors (Lipinski definition) is 8. The summed E-state index contributed by atoms with van der Waals surface area (Å²) in [7, 11) is 3.70. The zero-order chi connectivity index (χ0) is 53.8. The Labute approximate surface area is 486 Å². The maximum atomic E-state index is 14.7. The molecule has 2 saturated heterocycles. The van der Waals surface area contributed by atoms with Crippen molar-refractivity contribution >= 4 is 28.4 Å². The summed E-state index contributed by atoms with van der Waals surface area (Å²) in [5.74, 6) is -1.57. The molecule has 0 bridgehead atoms. The summed E-state index contributed by atoms with van der Waals surface area (Å²) in [5.41, 5.74) is 11.9. The molecule has 3 aliphatic rings. The topological polar surface area (TPSA) is 152 Å². The molecule has 1 saturated carbocycles. The molecule has 2 aromatic carbocycles. The van der Waals surface area contributed by atoms with Gasteiger partial charge in [-0.15, -0.1) is 0 Å². The van der Waals surface area contributed by atoms with Gasteiger partial charge in [0, 0.05) is 106 Å². The summed E-state index contributed by atoms with van der Waals surface area (Å²) in [6.45, 7) is 25.4. The Kier molecular flexibility index (Phi) is 23.8. The van der Waals surface area contributed by atoms with Crippen LogP contribution in [-0.2, 0) is 24.9 Å². The maximum absolute atomic E-state index is 14.7. The Morgan fingerprint density at radius 1 is 0.880 bits per heavy atom. The van der Waals surface area contributed by atoms with E-state index in [0.29, 0.717) is 38.5 Å². The zero-order valence-corrected chi connectivity index (χ0v) is 49.7. The number of benzene rings is 2. The van der Waals surface area contributed by atoms with Gasteiger partial charge in [0.05, 0.1) is 22.8 Å². The number of ketones is 1. The van der Waals surface area contributed by atoms with Crippen LogP contribution in [0.15, 0.2) is 76.6 Å². The third kappa shape index (κ3) is 15.5. The van der Waals surface area contributed by atoms with Crippen molar-refractivity contribution in [1.82, 2.24) is 38.2 Å². The van der Waals surface area contributed by atoms with E-state index in [4.69, 9.17) is 5.73 Å². The van der Waals surface area contributed by atoms with E-state index in [1.807, 2.05) is 55.3 Å². The van der Waals surface area contributed by atoms with Gasteiger partial charge < -0.3 is 23.1 Å². The molecule has 3 fully saturated rings. The minimum Gasteiger partial charge on any atom is -0.388 e. The summed E-state index contributed by atoms with van der Waals surface area (Å²) < 4.78 is 36.3. The Bertz CT molecular complexity index is 2840. The fraction of sp³-hybridized carbons (Fsp3) is 0.534. The van der Waals surface area contributed by atoms with E-state index >= 15 is 0 Å². The molecule has 3 aromatic heterocycles. The van der Waals surface area contributed by atoms with Crippen molar-refractivity contribution in [3.8, 4) is 5.69 Å². The number of anilines is 1. The van der Waals surface area contributed by atoms with Crippen LogP contribution in [-0.4, -0.2) is 102 Å². The molecular weight excluding hydrogens is 978 g/mol. The predicted octanol–water partition coefficient (Wildman–Crippen LogP) is 6.98. The van der Waals surface area contributed by atoms with Gasteiger partial charge in [0.2, 0.25) is 5.91 Å². The molecule has 404 valence electrons. The van der Waals surface area contributed by atoms with Gasteiger partial charge >= 0.3 is 57.1 Å². The number of nitrogens with zero attached hydrogens (tertiary/aromatic N) is 7. The van der Waals surface area contributed by atoms with Crippen molar-refractivity contribution in [3.05, 3.63) is 134 Å². The van der Waals surface area contributed by atoms with E-state index in [-0.39, 0.29) is 97.9 Å². The fourth-order valence-corrected chi connectivity index (χ4v) is 10.9. The number of aromatic nitrogens is 5. The molecule has 4 N–H and O–H groups in total. The first-order chi connectivity index (χ1) is 35.5. The number of likely N-dealkylation sites (tertiary alicyclic amines) is 1. The maximum Gasteiger partial charge on any atom is 1.00 e. The molecule has 75 heavy (non-hydrogen) atoms. The van der Waals surface area contributed by atoms with Crippen molar-refractivity contribution in [1.29, 1.82) is 0 Å². The van der Waals surface area contributed by atoms with E-state index in [2.05, 4.69) is 71.0 Å². The number of rotatable bonds is 18. The molecule has 0 spiro atoms. The van der Waals surface area contributed by atoms with Crippen LogP contribution < -0.4 is 73.7 Å². The van der Waals surface area contributed by atoms with E-state index < -0.39 is 23.6 Å². The number of hydrogen-bond donors (Lipinski definition) is 3. The van der Waals surface area contributed by atoms with Gasteiger partial charge in [-0.2, -0.15) is 6.42 Å². The largest absolute Gasteiger partial charge is 1.00 e. The average molecular weight is 1060 g/mol. The van der Waals surface area contributed by atoms with E-state index in [9.17, 15) is 28.0 Å². The number of carbonyl (C=O) groups excluding carboxylic acids is 2. The third-order valence-electron chi connectivity index (χ3n) is 15.0. The van der Waals surface area contributed by atoms with Crippen LogP contribution in [0.2, 0.25) is 0 Å². The Morgan fingerprint density at radius 3 is 2.11 bits per heavy atom. The Balaban J connectivity index is 0.000000265. The molecule has 5 heterocycles. The number of piperazine rings is 1. The number of imidazole rings is 1. The molecule has 2 unspecified atom stereocenters. The number of primary amides is 1. The summed E-state index contributed by atoms with van der Waals surface area (Å²) in [6.07, 6.45) is 12.2. The summed E-state index contributed by atoms with van der Waals surface area (Å²) >= 11 is 0. The second-order valence-electron chi connectivity index (χ2n) is 20.4. The summed E-state index contributed by atoms with van der Waals surface area (Å²) in [5, 5.41) is 6.20. The molecule has 5 aromatic rings. The minimum absolute atomic E-state index is 0. The van der Waals surface area contributed by atoms with Crippen LogP contribution in [0, 0.1) is 31.4 Å². The number of H-pyrrole nitrogens is 1. The van der Waals surface area contributed by atoms with Crippen molar-refractivity contribution in [2.24, 2.45) is 18.7 Å². The van der Waals surface area contributed by atoms with Crippen LogP contribution in [0.5, 0.6) is 0 Å². The number of halogens is 2. The van der Waals surface area contributed by atoms with Crippen molar-refractivity contribution in [2.45, 2.75) is 143 Å². The van der Waals surface area contributed by atoms with Gasteiger partial charge in [-0.05, 0) is 138 Å². The van der Waals surface area contributed by atoms with E-state index in [1.54, 1.807) is 34.6 Å². The first-order valence-electron chi connectivity index (χ1n) is 27.1. The van der Waals surface area contributed by atoms with Gasteiger partial charge in [-0.1, -0.05) is 46.6 Å². The Morgan fingerprint density at radius 2 is 1.55 bits per heavy atom. The summed E-state index contributed by atoms with van der Waals surface area (Å²) in [4.78, 5) is 57.0. The fourth-order valence-electron chi connectivity index (χ4n) is 10.9. The van der Waals surface area contributed by atoms with Crippen LogP contribution >= 0.6 is 0 Å². The van der Waals surface area contributed by atoms with Gasteiger partial charge in [-0.25, -0.2) is 13.6 Å². The number of nitrogens with one attached hydrogen (secondary N) is 2. The number of Topliss-reactive ketones (excluding diaryl/α,β-unsaturated/α-hetero) is 1. The van der Waals surface area contributed by atoms with Crippen LogP contribution in [0.25, 0.3) is 16.7 Å². The van der Waals surface area contributed by atoms with Crippen LogP contribution in [0.1, 0.15) is 150 Å². The minimum atomic E-state index is -0.714. The van der Waals surface area contributed by atoms with Crippen molar-refractivity contribution in [2.75, 3.05) is 51.6 Å². The normalized spacial score (nSPS) is 16.8. The summed E-state index contributed by atoms with van der Waals surface area (Å²) in [6, 6.07) is 15.9. The average Bonchev–Trinajstić information content (AvgIpc) is 4.17. The molecular formula is C58H83F2KN10O4. The molecule has 2 aliphatic heterocycles. The van der Waals surface area contributed by atoms with Crippen molar-refractivity contribution in [3.63, 3.8) is 0 Å². The monoisotopic (exact) mass is 1060 g/mol. The number of carbonyl (C=O) groups is 2. The second-order valence-corrected chi connectivity index (χ2v) is 20.4. The second kappa shape index (κ2) is 29.0. The predicted molar refractivity (Wildman–Crippen MR) is 295 cm³/mol. The van der Waals surface area contributed by atoms with Crippen LogP contribution in [0.4, 0.5) is 14.5 Å². The number of aromatic amines is 1. The van der Waals surface area contributed by atoms with E-state index in [1.165, 1.54) is 44.7 Å². The Hall–Kier alpha value is -4.20. The quantitative estimate of drug-likeness (QED) is 0.0484. The molecule has 1 amide bonds. The number of nitrogens with two attached hydrogens (primary N) is 1. The van der Waals surface area contributed by atoms with Gasteiger partial charge in [-0.3, -0.25) is 47.5 Å². The number of fused-ring (bicyclic) bond motifs is 1. The van der Waals surface area contributed by atoms with E-state index in [0.717, 1.165) is 90.7 Å². The van der Waals surface area contributed by atoms with Gasteiger partial charge in [0.15, 0.2) is 5.78 Å². The zero-order valence-electron chi connectivity index (χ0n) is 46.6. The first-order valence-corrected chi connectivity index (χ1v) is 27.1. The number of aryl methyl sites for hydroxylation is 2. The molecule has 14 nitrogen and oxygen atoms in total. The van der Waals surface area contributed by atoms with Gasteiger partial charge in [0.25, 0.3) is 5.56 Å². The number of amides is 1. The SMILES string of the molecule is CC.CNc1ccn(-c2cc[nH]n(C)c(CN3CCC(c4c(F)cc(C(C)=O)cc4F)CC3)cc2C)c(=O)c1.[CH2-]CC(C(N)=O)n1c(=O)n(C2CC2)c2cc(CN3CCN(CC(CCC)CCC)C(C)C3)ccc21.[K+]. The number of piperidine rings is 1. The first kappa shape index (κ1) is 61.6. The molecule has 17 heteroatoms. The molecule has 0 radical (unpaired) electrons. The molecule has 8 rings (SSSR count). The molecule has 1 aliphatic carbocycles. The third-order valence-corrected chi connectivity index (χ3v) is 15.0. The van der Waals surface area contributed by atoms with Crippen molar-refractivity contribution < 1.29 is 69.8 Å². The van der Waals surface area contributed by atoms with Gasteiger partial charge in [0.1, 0.15) is 11.6 Å². The smallest absolute Gasteiger partial charge is 0.388 e.